The van der Waals surface area contributed by atoms with E-state index in [-0.39, 0.29) is 36.4 Å². The minimum Gasteiger partial charge on any atom is -0.379 e. The third kappa shape index (κ3) is 7.61. The Labute approximate surface area is 204 Å². The molecule has 0 radical (unpaired) electrons. The Morgan fingerprint density at radius 2 is 1.84 bits per heavy atom. The molecular formula is C23H38IN5O2. The fourth-order valence-corrected chi connectivity index (χ4v) is 4.19. The van der Waals surface area contributed by atoms with Crippen molar-refractivity contribution in [1.82, 2.24) is 20.4 Å². The standard InChI is InChI=1S/C23H37N5O2.HI/c1-4-24-23(25-15-21(18(2)3)27-11-13-30-14-12-27)26-16-22(29)28-10-9-19-7-5-6-8-20(19)17-28;/h5-8,18,21H,4,9-17H2,1-3H3,(H2,24,25,26);1H. The van der Waals surface area contributed by atoms with Crippen LogP contribution in [0.25, 0.3) is 0 Å². The molecule has 0 saturated carbocycles. The number of ether oxygens (including phenoxy) is 1. The summed E-state index contributed by atoms with van der Waals surface area (Å²) >= 11 is 0. The molecule has 0 bridgehead atoms. The van der Waals surface area contributed by atoms with Gasteiger partial charge >= 0.3 is 0 Å². The van der Waals surface area contributed by atoms with Gasteiger partial charge in [0.25, 0.3) is 0 Å². The van der Waals surface area contributed by atoms with E-state index in [1.54, 1.807) is 0 Å². The van der Waals surface area contributed by atoms with Crippen LogP contribution in [0.1, 0.15) is 31.9 Å². The molecule has 1 atom stereocenters. The van der Waals surface area contributed by atoms with Gasteiger partial charge in [0, 0.05) is 45.3 Å². The maximum Gasteiger partial charge on any atom is 0.244 e. The monoisotopic (exact) mass is 543 g/mol. The molecule has 2 N–H and O–H groups in total. The normalized spacial score (nSPS) is 18.2. The number of fused-ring (bicyclic) bond motifs is 1. The van der Waals surface area contributed by atoms with E-state index in [4.69, 9.17) is 4.74 Å². The number of amides is 1. The zero-order valence-electron chi connectivity index (χ0n) is 19.1. The number of morpholine rings is 1. The van der Waals surface area contributed by atoms with Crippen LogP contribution in [0.3, 0.4) is 0 Å². The first-order valence-corrected chi connectivity index (χ1v) is 11.3. The molecule has 2 aliphatic rings. The van der Waals surface area contributed by atoms with Crippen LogP contribution >= 0.6 is 24.0 Å². The third-order valence-electron chi connectivity index (χ3n) is 5.96. The van der Waals surface area contributed by atoms with Gasteiger partial charge in [-0.25, -0.2) is 4.99 Å². The zero-order chi connectivity index (χ0) is 21.3. The molecule has 0 spiro atoms. The highest BCUT2D eigenvalue weighted by atomic mass is 127. The van der Waals surface area contributed by atoms with Crippen molar-refractivity contribution in [2.75, 3.05) is 52.5 Å². The molecule has 1 amide bonds. The first-order chi connectivity index (χ1) is 14.6. The number of halogens is 1. The summed E-state index contributed by atoms with van der Waals surface area (Å²) in [6.45, 7) is 13.3. The molecular weight excluding hydrogens is 505 g/mol. The topological polar surface area (TPSA) is 69.2 Å². The average molecular weight is 543 g/mol. The molecule has 8 heteroatoms. The fourth-order valence-electron chi connectivity index (χ4n) is 4.19. The number of hydrogen-bond donors (Lipinski definition) is 2. The average Bonchev–Trinajstić information content (AvgIpc) is 2.77. The van der Waals surface area contributed by atoms with Crippen molar-refractivity contribution < 1.29 is 9.53 Å². The second kappa shape index (κ2) is 13.2. The van der Waals surface area contributed by atoms with E-state index in [2.05, 4.69) is 52.6 Å². The number of hydrogen-bond acceptors (Lipinski definition) is 4. The largest absolute Gasteiger partial charge is 0.379 e. The summed E-state index contributed by atoms with van der Waals surface area (Å²) in [7, 11) is 0. The molecule has 0 aliphatic carbocycles. The van der Waals surface area contributed by atoms with Gasteiger partial charge in [-0.1, -0.05) is 38.1 Å². The minimum absolute atomic E-state index is 0. The number of aliphatic imine (C=N–C) groups is 1. The molecule has 2 aliphatic heterocycles. The lowest BCUT2D eigenvalue weighted by Crippen LogP contribution is -2.52. The van der Waals surface area contributed by atoms with Crippen LogP contribution in [-0.4, -0.2) is 80.2 Å². The zero-order valence-corrected chi connectivity index (χ0v) is 21.4. The predicted molar refractivity (Wildman–Crippen MR) is 136 cm³/mol. The van der Waals surface area contributed by atoms with Gasteiger partial charge in [0.05, 0.1) is 13.2 Å². The summed E-state index contributed by atoms with van der Waals surface area (Å²) in [5, 5.41) is 6.74. The highest BCUT2D eigenvalue weighted by molar-refractivity contribution is 14.0. The number of carbonyl (C=O) groups excluding carboxylic acids is 1. The molecule has 1 aromatic carbocycles. The first-order valence-electron chi connectivity index (χ1n) is 11.3. The quantitative estimate of drug-likeness (QED) is 0.313. The number of nitrogens with zero attached hydrogens (tertiary/aromatic N) is 3. The predicted octanol–water partition coefficient (Wildman–Crippen LogP) is 2.10. The smallest absolute Gasteiger partial charge is 0.244 e. The molecule has 31 heavy (non-hydrogen) atoms. The number of carbonyl (C=O) groups is 1. The molecule has 174 valence electrons. The molecule has 3 rings (SSSR count). The van der Waals surface area contributed by atoms with Gasteiger partial charge in [-0.3, -0.25) is 9.69 Å². The van der Waals surface area contributed by atoms with E-state index in [0.717, 1.165) is 52.4 Å². The van der Waals surface area contributed by atoms with Crippen molar-refractivity contribution in [3.63, 3.8) is 0 Å². The number of nitrogens with one attached hydrogen (secondary N) is 2. The van der Waals surface area contributed by atoms with Crippen molar-refractivity contribution in [1.29, 1.82) is 0 Å². The highest BCUT2D eigenvalue weighted by Crippen LogP contribution is 2.18. The second-order valence-corrected chi connectivity index (χ2v) is 8.37. The fraction of sp³-hybridized carbons (Fsp3) is 0.652. The van der Waals surface area contributed by atoms with Crippen molar-refractivity contribution in [2.45, 2.75) is 39.8 Å². The highest BCUT2D eigenvalue weighted by Gasteiger charge is 2.24. The Morgan fingerprint density at radius 3 is 2.52 bits per heavy atom. The second-order valence-electron chi connectivity index (χ2n) is 8.37. The van der Waals surface area contributed by atoms with Gasteiger partial charge in [-0.2, -0.15) is 0 Å². The van der Waals surface area contributed by atoms with Crippen LogP contribution in [0, 0.1) is 5.92 Å². The SMILES string of the molecule is CCNC(=NCC(=O)N1CCc2ccccc2C1)NCC(C(C)C)N1CCOCC1.I. The number of guanidine groups is 1. The van der Waals surface area contributed by atoms with Gasteiger partial charge in [-0.05, 0) is 30.4 Å². The molecule has 7 nitrogen and oxygen atoms in total. The van der Waals surface area contributed by atoms with E-state index in [9.17, 15) is 4.79 Å². The van der Waals surface area contributed by atoms with Crippen molar-refractivity contribution >= 4 is 35.8 Å². The van der Waals surface area contributed by atoms with Gasteiger partial charge < -0.3 is 20.3 Å². The Hall–Kier alpha value is -1.39. The van der Waals surface area contributed by atoms with Gasteiger partial charge in [0.1, 0.15) is 6.54 Å². The van der Waals surface area contributed by atoms with E-state index >= 15 is 0 Å². The van der Waals surface area contributed by atoms with E-state index in [0.29, 0.717) is 24.5 Å². The number of benzene rings is 1. The summed E-state index contributed by atoms with van der Waals surface area (Å²) in [4.78, 5) is 21.7. The Morgan fingerprint density at radius 1 is 1.13 bits per heavy atom. The lowest BCUT2D eigenvalue weighted by atomic mass is 10.00. The molecule has 1 unspecified atom stereocenters. The lowest BCUT2D eigenvalue weighted by Gasteiger charge is -2.37. The summed E-state index contributed by atoms with van der Waals surface area (Å²) in [6.07, 6.45) is 0.916. The van der Waals surface area contributed by atoms with Gasteiger partial charge in [0.2, 0.25) is 5.91 Å². The van der Waals surface area contributed by atoms with Crippen LogP contribution < -0.4 is 10.6 Å². The maximum absolute atomic E-state index is 12.8. The Balaban J connectivity index is 0.00000341. The summed E-state index contributed by atoms with van der Waals surface area (Å²) in [5.74, 6) is 1.31. The van der Waals surface area contributed by atoms with Crippen LogP contribution in [0.15, 0.2) is 29.3 Å². The molecule has 1 fully saturated rings. The van der Waals surface area contributed by atoms with Crippen molar-refractivity contribution in [3.8, 4) is 0 Å². The van der Waals surface area contributed by atoms with Gasteiger partial charge in [-0.15, -0.1) is 24.0 Å². The van der Waals surface area contributed by atoms with E-state index < -0.39 is 0 Å². The van der Waals surface area contributed by atoms with Crippen LogP contribution in [0.5, 0.6) is 0 Å². The summed E-state index contributed by atoms with van der Waals surface area (Å²) < 4.78 is 5.50. The lowest BCUT2D eigenvalue weighted by molar-refractivity contribution is -0.130. The van der Waals surface area contributed by atoms with Crippen molar-refractivity contribution in [3.05, 3.63) is 35.4 Å². The summed E-state index contributed by atoms with van der Waals surface area (Å²) in [6, 6.07) is 8.78. The third-order valence-corrected chi connectivity index (χ3v) is 5.96. The van der Waals surface area contributed by atoms with Crippen LogP contribution in [-0.2, 0) is 22.5 Å². The van der Waals surface area contributed by atoms with Crippen LogP contribution in [0.4, 0.5) is 0 Å². The minimum atomic E-state index is 0. The first kappa shape index (κ1) is 25.9. The van der Waals surface area contributed by atoms with Crippen molar-refractivity contribution in [2.24, 2.45) is 10.9 Å². The molecule has 2 heterocycles. The molecule has 1 aromatic rings. The van der Waals surface area contributed by atoms with E-state index in [1.165, 1.54) is 11.1 Å². The molecule has 1 saturated heterocycles. The van der Waals surface area contributed by atoms with Crippen LogP contribution in [0.2, 0.25) is 0 Å². The van der Waals surface area contributed by atoms with Gasteiger partial charge in [0.15, 0.2) is 5.96 Å². The Kier molecular flexibility index (Phi) is 11.0. The molecule has 0 aromatic heterocycles. The summed E-state index contributed by atoms with van der Waals surface area (Å²) in [5.41, 5.74) is 2.60. The number of rotatable bonds is 7. The Bertz CT molecular complexity index is 722. The maximum atomic E-state index is 12.8. The van der Waals surface area contributed by atoms with E-state index in [1.807, 2.05) is 17.9 Å².